The topological polar surface area (TPSA) is 47.6 Å². The number of hydrogen-bond donors (Lipinski definition) is 2. The molecule has 1 amide bonds. The van der Waals surface area contributed by atoms with Crippen LogP contribution in [0.15, 0.2) is 16.6 Å². The lowest BCUT2D eigenvalue weighted by Gasteiger charge is -2.23. The Labute approximate surface area is 134 Å². The summed E-state index contributed by atoms with van der Waals surface area (Å²) in [7, 11) is 8.04. The molecule has 0 saturated carbocycles. The van der Waals surface area contributed by atoms with Gasteiger partial charge in [-0.25, -0.2) is 0 Å². The summed E-state index contributed by atoms with van der Waals surface area (Å²) in [5.74, 6) is 0.00631. The maximum Gasteiger partial charge on any atom is 0.246 e. The fraction of sp³-hybridized carbons (Fsp3) is 0.533. The Kier molecular flexibility index (Phi) is 5.24. The van der Waals surface area contributed by atoms with Gasteiger partial charge >= 0.3 is 0 Å². The highest BCUT2D eigenvalue weighted by atomic mass is 79.9. The fourth-order valence-electron chi connectivity index (χ4n) is 2.59. The molecular weight excluding hydrogens is 332 g/mol. The van der Waals surface area contributed by atoms with Crippen LogP contribution in [-0.4, -0.2) is 52.1 Å². The predicted molar refractivity (Wildman–Crippen MR) is 91.0 cm³/mol. The Balaban J connectivity index is 2.16. The van der Waals surface area contributed by atoms with Gasteiger partial charge in [-0.15, -0.1) is 0 Å². The molecule has 1 heterocycles. The van der Waals surface area contributed by atoms with E-state index < -0.39 is 0 Å². The monoisotopic (exact) mass is 354 g/mol. The molecule has 0 aromatic heterocycles. The highest BCUT2D eigenvalue weighted by Crippen LogP contribution is 2.38. The Morgan fingerprint density at radius 2 is 2.00 bits per heavy atom. The van der Waals surface area contributed by atoms with Gasteiger partial charge in [-0.1, -0.05) is 0 Å². The molecule has 1 aliphatic heterocycles. The quantitative estimate of drug-likeness (QED) is 0.820. The number of fused-ring (bicyclic) bond motifs is 1. The summed E-state index contributed by atoms with van der Waals surface area (Å²) >= 11 is 3.63. The lowest BCUT2D eigenvalue weighted by molar-refractivity contribution is -0.117. The van der Waals surface area contributed by atoms with Crippen molar-refractivity contribution in [2.24, 2.45) is 0 Å². The maximum absolute atomic E-state index is 11.9. The molecule has 1 aromatic rings. The zero-order valence-corrected chi connectivity index (χ0v) is 14.6. The van der Waals surface area contributed by atoms with Gasteiger partial charge in [0.2, 0.25) is 5.91 Å². The molecule has 1 aromatic carbocycles. The second-order valence-electron chi connectivity index (χ2n) is 5.68. The number of benzene rings is 1. The molecule has 21 heavy (non-hydrogen) atoms. The third-order valence-electron chi connectivity index (χ3n) is 3.75. The molecular formula is C15H23BrN4O. The molecule has 5 nitrogen and oxygen atoms in total. The summed E-state index contributed by atoms with van der Waals surface area (Å²) in [5.41, 5.74) is 3.00. The number of halogens is 1. The maximum atomic E-state index is 11.9. The number of nitrogens with one attached hydrogen (secondary N) is 2. The van der Waals surface area contributed by atoms with Crippen LogP contribution in [-0.2, 0) is 4.79 Å². The molecule has 1 aliphatic rings. The number of carbonyl (C=O) groups excluding carboxylic acids is 1. The van der Waals surface area contributed by atoms with E-state index in [0.717, 1.165) is 40.9 Å². The van der Waals surface area contributed by atoms with E-state index in [4.69, 9.17) is 0 Å². The summed E-state index contributed by atoms with van der Waals surface area (Å²) < 4.78 is 1.02. The van der Waals surface area contributed by atoms with E-state index in [1.165, 1.54) is 0 Å². The van der Waals surface area contributed by atoms with Crippen LogP contribution >= 0.6 is 15.9 Å². The van der Waals surface area contributed by atoms with Crippen LogP contribution in [0.5, 0.6) is 0 Å². The molecule has 0 spiro atoms. The first-order chi connectivity index (χ1) is 9.93. The van der Waals surface area contributed by atoms with Crippen molar-refractivity contribution in [2.75, 3.05) is 51.5 Å². The SMILES string of the molecule is CNC1C(=O)Nc2cc(N(C)CCCN(C)C)c(Br)cc21. The number of hydrogen-bond acceptors (Lipinski definition) is 4. The van der Waals surface area contributed by atoms with Gasteiger partial charge in [-0.3, -0.25) is 4.79 Å². The Morgan fingerprint density at radius 3 is 2.62 bits per heavy atom. The second-order valence-corrected chi connectivity index (χ2v) is 6.53. The van der Waals surface area contributed by atoms with Crippen molar-refractivity contribution in [1.29, 1.82) is 0 Å². The molecule has 0 saturated heterocycles. The summed E-state index contributed by atoms with van der Waals surface area (Å²) in [6, 6.07) is 3.82. The molecule has 0 aliphatic carbocycles. The van der Waals surface area contributed by atoms with Crippen molar-refractivity contribution in [2.45, 2.75) is 12.5 Å². The molecule has 0 radical (unpaired) electrons. The van der Waals surface area contributed by atoms with Crippen LogP contribution in [0.1, 0.15) is 18.0 Å². The minimum Gasteiger partial charge on any atom is -0.374 e. The lowest BCUT2D eigenvalue weighted by atomic mass is 10.1. The largest absolute Gasteiger partial charge is 0.374 e. The second kappa shape index (κ2) is 6.77. The van der Waals surface area contributed by atoms with Gasteiger partial charge < -0.3 is 20.4 Å². The lowest BCUT2D eigenvalue weighted by Crippen LogP contribution is -2.24. The van der Waals surface area contributed by atoms with E-state index in [1.807, 2.05) is 12.1 Å². The van der Waals surface area contributed by atoms with Crippen molar-refractivity contribution in [3.8, 4) is 0 Å². The van der Waals surface area contributed by atoms with Gasteiger partial charge in [-0.05, 0) is 62.2 Å². The zero-order chi connectivity index (χ0) is 15.6. The normalized spacial score (nSPS) is 17.0. The molecule has 1 atom stereocenters. The van der Waals surface area contributed by atoms with Crippen molar-refractivity contribution >= 4 is 33.2 Å². The van der Waals surface area contributed by atoms with Gasteiger partial charge in [0.15, 0.2) is 0 Å². The first kappa shape index (κ1) is 16.3. The van der Waals surface area contributed by atoms with E-state index in [0.29, 0.717) is 0 Å². The molecule has 2 N–H and O–H groups in total. The van der Waals surface area contributed by atoms with Gasteiger partial charge in [0, 0.05) is 29.3 Å². The number of nitrogens with zero attached hydrogens (tertiary/aromatic N) is 2. The van der Waals surface area contributed by atoms with Crippen molar-refractivity contribution in [3.05, 3.63) is 22.2 Å². The van der Waals surface area contributed by atoms with E-state index in [-0.39, 0.29) is 11.9 Å². The molecule has 1 unspecified atom stereocenters. The smallest absolute Gasteiger partial charge is 0.246 e. The van der Waals surface area contributed by atoms with Crippen molar-refractivity contribution < 1.29 is 4.79 Å². The highest BCUT2D eigenvalue weighted by Gasteiger charge is 2.30. The van der Waals surface area contributed by atoms with Gasteiger partial charge in [0.1, 0.15) is 6.04 Å². The number of carbonyl (C=O) groups is 1. The number of amides is 1. The van der Waals surface area contributed by atoms with Crippen LogP contribution in [0.4, 0.5) is 11.4 Å². The molecule has 2 rings (SSSR count). The van der Waals surface area contributed by atoms with E-state index in [1.54, 1.807) is 7.05 Å². The summed E-state index contributed by atoms with van der Waals surface area (Å²) in [4.78, 5) is 16.3. The summed E-state index contributed by atoms with van der Waals surface area (Å²) in [5, 5.41) is 5.98. The van der Waals surface area contributed by atoms with Gasteiger partial charge in [0.05, 0.1) is 5.69 Å². The Bertz CT molecular complexity index is 533. The van der Waals surface area contributed by atoms with E-state index >= 15 is 0 Å². The predicted octanol–water partition coefficient (Wildman–Crippen LogP) is 2.05. The average molecular weight is 355 g/mol. The molecule has 116 valence electrons. The highest BCUT2D eigenvalue weighted by molar-refractivity contribution is 9.10. The number of likely N-dealkylation sites (N-methyl/N-ethyl adjacent to an activating group) is 1. The third-order valence-corrected chi connectivity index (χ3v) is 4.38. The minimum absolute atomic E-state index is 0.00631. The van der Waals surface area contributed by atoms with Crippen molar-refractivity contribution in [3.63, 3.8) is 0 Å². The molecule has 6 heteroatoms. The number of anilines is 2. The average Bonchev–Trinajstić information content (AvgIpc) is 2.71. The van der Waals surface area contributed by atoms with Crippen LogP contribution in [0.3, 0.4) is 0 Å². The van der Waals surface area contributed by atoms with Crippen LogP contribution in [0.25, 0.3) is 0 Å². The van der Waals surface area contributed by atoms with E-state index in [2.05, 4.69) is 57.5 Å². The zero-order valence-electron chi connectivity index (χ0n) is 13.0. The van der Waals surface area contributed by atoms with Gasteiger partial charge in [-0.2, -0.15) is 0 Å². The molecule has 0 bridgehead atoms. The molecule has 0 fully saturated rings. The third kappa shape index (κ3) is 3.56. The fourth-order valence-corrected chi connectivity index (χ4v) is 3.26. The first-order valence-electron chi connectivity index (χ1n) is 7.11. The van der Waals surface area contributed by atoms with Crippen LogP contribution in [0.2, 0.25) is 0 Å². The Morgan fingerprint density at radius 1 is 1.29 bits per heavy atom. The standard InChI is InChI=1S/C15H23BrN4O/c1-17-14-10-8-11(16)13(9-12(10)18-15(14)21)20(4)7-5-6-19(2)3/h8-9,14,17H,5-7H2,1-4H3,(H,18,21). The summed E-state index contributed by atoms with van der Waals surface area (Å²) in [6.45, 7) is 2.03. The van der Waals surface area contributed by atoms with Crippen LogP contribution < -0.4 is 15.5 Å². The van der Waals surface area contributed by atoms with Crippen molar-refractivity contribution in [1.82, 2.24) is 10.2 Å². The van der Waals surface area contributed by atoms with Gasteiger partial charge in [0.25, 0.3) is 0 Å². The summed E-state index contributed by atoms with van der Waals surface area (Å²) in [6.07, 6.45) is 1.10. The Hall–Kier alpha value is -1.11. The number of rotatable bonds is 6. The van der Waals surface area contributed by atoms with Crippen LogP contribution in [0, 0.1) is 0 Å². The minimum atomic E-state index is -0.260. The first-order valence-corrected chi connectivity index (χ1v) is 7.90. The van der Waals surface area contributed by atoms with E-state index in [9.17, 15) is 4.79 Å².